The van der Waals surface area contributed by atoms with Gasteiger partial charge in [0.25, 0.3) is 11.8 Å². The van der Waals surface area contributed by atoms with Crippen LogP contribution in [0, 0.1) is 0 Å². The summed E-state index contributed by atoms with van der Waals surface area (Å²) in [5, 5.41) is 2.80. The van der Waals surface area contributed by atoms with Crippen LogP contribution in [0.5, 0.6) is 17.2 Å². The van der Waals surface area contributed by atoms with Gasteiger partial charge in [0.05, 0.1) is 18.9 Å². The number of urea groups is 1. The number of benzene rings is 3. The van der Waals surface area contributed by atoms with Crippen LogP contribution in [0.3, 0.4) is 0 Å². The van der Waals surface area contributed by atoms with Gasteiger partial charge in [-0.05, 0) is 56.3 Å². The first-order chi connectivity index (χ1) is 18.3. The molecule has 0 radical (unpaired) electrons. The summed E-state index contributed by atoms with van der Waals surface area (Å²) < 4.78 is 17.9. The Kier molecular flexibility index (Phi) is 8.70. The zero-order valence-corrected chi connectivity index (χ0v) is 23.0. The van der Waals surface area contributed by atoms with Crippen molar-refractivity contribution < 1.29 is 28.6 Å². The number of amides is 4. The number of imide groups is 2. The topological polar surface area (TPSA) is 94.2 Å². The minimum absolute atomic E-state index is 0.156. The van der Waals surface area contributed by atoms with Gasteiger partial charge in [0.15, 0.2) is 0 Å². The third-order valence-electron chi connectivity index (χ3n) is 5.50. The second-order valence-corrected chi connectivity index (χ2v) is 9.34. The minimum Gasteiger partial charge on any atom is -0.494 e. The fourth-order valence-electron chi connectivity index (χ4n) is 3.77. The molecular formula is C28H24BrClN2O6. The molecule has 0 aliphatic carbocycles. The Morgan fingerprint density at radius 1 is 0.921 bits per heavy atom. The van der Waals surface area contributed by atoms with Crippen molar-refractivity contribution in [2.24, 2.45) is 0 Å². The van der Waals surface area contributed by atoms with Crippen LogP contribution in [-0.4, -0.2) is 31.1 Å². The molecule has 3 aromatic rings. The van der Waals surface area contributed by atoms with Gasteiger partial charge in [0.1, 0.15) is 29.4 Å². The number of barbiturate groups is 1. The number of nitrogens with zero attached hydrogens (tertiary/aromatic N) is 1. The van der Waals surface area contributed by atoms with Crippen LogP contribution in [-0.2, 0) is 16.2 Å². The highest BCUT2D eigenvalue weighted by atomic mass is 79.9. The monoisotopic (exact) mass is 598 g/mol. The van der Waals surface area contributed by atoms with Crippen LogP contribution in [0.25, 0.3) is 6.08 Å². The highest BCUT2D eigenvalue weighted by Gasteiger charge is 2.38. The number of nitrogens with one attached hydrogen (secondary N) is 1. The Balaban J connectivity index is 1.72. The van der Waals surface area contributed by atoms with Crippen molar-refractivity contribution in [2.75, 3.05) is 18.1 Å². The molecule has 4 rings (SSSR count). The lowest BCUT2D eigenvalue weighted by molar-refractivity contribution is -0.122. The molecule has 4 amide bonds. The fourth-order valence-corrected chi connectivity index (χ4v) is 4.34. The molecule has 1 heterocycles. The molecule has 3 aromatic carbocycles. The molecule has 1 fully saturated rings. The Morgan fingerprint density at radius 2 is 1.66 bits per heavy atom. The number of ether oxygens (including phenoxy) is 3. The Hall–Kier alpha value is -3.82. The van der Waals surface area contributed by atoms with E-state index in [9.17, 15) is 14.4 Å². The SMILES string of the molecule is CCOc1ccc(OCC)c(N2C(=O)NC(=O)/C(=C\c3cc(Br)ccc3OCc3ccccc3Cl)C2=O)c1. The lowest BCUT2D eigenvalue weighted by atomic mass is 10.1. The summed E-state index contributed by atoms with van der Waals surface area (Å²) in [6, 6.07) is 16.4. The minimum atomic E-state index is -0.892. The quantitative estimate of drug-likeness (QED) is 0.234. The first-order valence-corrected chi connectivity index (χ1v) is 13.0. The Bertz CT molecular complexity index is 1420. The number of hydrogen-bond donors (Lipinski definition) is 1. The molecule has 38 heavy (non-hydrogen) atoms. The smallest absolute Gasteiger partial charge is 0.336 e. The fraction of sp³-hybridized carbons (Fsp3) is 0.179. The van der Waals surface area contributed by atoms with Gasteiger partial charge in [-0.15, -0.1) is 0 Å². The van der Waals surface area contributed by atoms with Crippen LogP contribution in [0.1, 0.15) is 25.0 Å². The molecule has 1 saturated heterocycles. The van der Waals surface area contributed by atoms with Gasteiger partial charge in [0.2, 0.25) is 0 Å². The molecule has 0 atom stereocenters. The van der Waals surface area contributed by atoms with E-state index in [1.807, 2.05) is 25.1 Å². The zero-order valence-electron chi connectivity index (χ0n) is 20.6. The van der Waals surface area contributed by atoms with Gasteiger partial charge in [0, 0.05) is 26.7 Å². The third-order valence-corrected chi connectivity index (χ3v) is 6.36. The molecule has 8 nitrogen and oxygen atoms in total. The van der Waals surface area contributed by atoms with E-state index >= 15 is 0 Å². The molecule has 1 aliphatic heterocycles. The van der Waals surface area contributed by atoms with E-state index in [1.54, 1.807) is 43.3 Å². The van der Waals surface area contributed by atoms with E-state index < -0.39 is 17.8 Å². The summed E-state index contributed by atoms with van der Waals surface area (Å²) in [6.07, 6.45) is 1.39. The maximum Gasteiger partial charge on any atom is 0.336 e. The van der Waals surface area contributed by atoms with Gasteiger partial charge >= 0.3 is 6.03 Å². The predicted octanol–water partition coefficient (Wildman–Crippen LogP) is 6.15. The molecule has 0 saturated carbocycles. The molecule has 1 N–H and O–H groups in total. The number of anilines is 1. The molecule has 0 unspecified atom stereocenters. The molecule has 10 heteroatoms. The van der Waals surface area contributed by atoms with Crippen molar-refractivity contribution in [3.63, 3.8) is 0 Å². The average molecular weight is 600 g/mol. The molecule has 0 aromatic heterocycles. The summed E-state index contributed by atoms with van der Waals surface area (Å²) in [5.74, 6) is -0.494. The Morgan fingerprint density at radius 3 is 2.39 bits per heavy atom. The number of carbonyl (C=O) groups excluding carboxylic acids is 3. The Labute approximate surface area is 233 Å². The highest BCUT2D eigenvalue weighted by Crippen LogP contribution is 2.35. The largest absolute Gasteiger partial charge is 0.494 e. The van der Waals surface area contributed by atoms with E-state index in [1.165, 1.54) is 12.1 Å². The van der Waals surface area contributed by atoms with Crippen molar-refractivity contribution in [1.29, 1.82) is 0 Å². The first kappa shape index (κ1) is 27.2. The summed E-state index contributed by atoms with van der Waals surface area (Å²) in [5.41, 5.74) is 1.13. The van der Waals surface area contributed by atoms with Crippen molar-refractivity contribution in [1.82, 2.24) is 5.32 Å². The maximum absolute atomic E-state index is 13.6. The average Bonchev–Trinajstić information content (AvgIpc) is 2.88. The molecule has 196 valence electrons. The van der Waals surface area contributed by atoms with Crippen LogP contribution >= 0.6 is 27.5 Å². The van der Waals surface area contributed by atoms with Gasteiger partial charge in [-0.2, -0.15) is 0 Å². The first-order valence-electron chi connectivity index (χ1n) is 11.8. The second-order valence-electron chi connectivity index (χ2n) is 8.02. The lowest BCUT2D eigenvalue weighted by Crippen LogP contribution is -2.54. The van der Waals surface area contributed by atoms with Gasteiger partial charge in [-0.1, -0.05) is 45.7 Å². The lowest BCUT2D eigenvalue weighted by Gasteiger charge is -2.28. The molecule has 0 spiro atoms. The third kappa shape index (κ3) is 6.00. The van der Waals surface area contributed by atoms with E-state index in [-0.39, 0.29) is 17.9 Å². The van der Waals surface area contributed by atoms with Gasteiger partial charge in [-0.25, -0.2) is 9.69 Å². The number of hydrogen-bond acceptors (Lipinski definition) is 6. The summed E-state index contributed by atoms with van der Waals surface area (Å²) in [7, 11) is 0. The molecular weight excluding hydrogens is 576 g/mol. The number of carbonyl (C=O) groups is 3. The standard InChI is InChI=1S/C28H24BrClN2O6/c1-3-36-20-10-12-25(37-4-2)23(15-20)32-27(34)21(26(33)31-28(32)35)14-18-13-19(29)9-11-24(18)38-16-17-7-5-6-8-22(17)30/h5-15H,3-4,16H2,1-2H3,(H,31,33,35)/b21-14+. The van der Waals surface area contributed by atoms with Crippen LogP contribution in [0.4, 0.5) is 10.5 Å². The second kappa shape index (κ2) is 12.1. The normalized spacial score (nSPS) is 14.5. The van der Waals surface area contributed by atoms with Crippen LogP contribution < -0.4 is 24.4 Å². The number of halogens is 2. The van der Waals surface area contributed by atoms with Crippen molar-refractivity contribution in [2.45, 2.75) is 20.5 Å². The molecule has 1 aliphatic rings. The van der Waals surface area contributed by atoms with E-state index in [0.29, 0.717) is 45.5 Å². The number of rotatable bonds is 9. The predicted molar refractivity (Wildman–Crippen MR) is 148 cm³/mol. The van der Waals surface area contributed by atoms with Crippen molar-refractivity contribution in [3.05, 3.63) is 86.9 Å². The van der Waals surface area contributed by atoms with Crippen molar-refractivity contribution >= 4 is 57.1 Å². The van der Waals surface area contributed by atoms with Gasteiger partial charge < -0.3 is 14.2 Å². The van der Waals surface area contributed by atoms with Crippen LogP contribution in [0.15, 0.2) is 70.7 Å². The van der Waals surface area contributed by atoms with E-state index in [0.717, 1.165) is 10.5 Å². The summed E-state index contributed by atoms with van der Waals surface area (Å²) >= 11 is 9.67. The van der Waals surface area contributed by atoms with E-state index in [4.69, 9.17) is 25.8 Å². The summed E-state index contributed by atoms with van der Waals surface area (Å²) in [6.45, 7) is 4.46. The highest BCUT2D eigenvalue weighted by molar-refractivity contribution is 9.10. The van der Waals surface area contributed by atoms with Gasteiger partial charge in [-0.3, -0.25) is 14.9 Å². The van der Waals surface area contributed by atoms with Crippen molar-refractivity contribution in [3.8, 4) is 17.2 Å². The zero-order chi connectivity index (χ0) is 27.2. The molecule has 0 bridgehead atoms. The maximum atomic E-state index is 13.6. The summed E-state index contributed by atoms with van der Waals surface area (Å²) in [4.78, 5) is 40.2. The van der Waals surface area contributed by atoms with Crippen LogP contribution in [0.2, 0.25) is 5.02 Å². The van der Waals surface area contributed by atoms with E-state index in [2.05, 4.69) is 21.2 Å².